The van der Waals surface area contributed by atoms with Gasteiger partial charge in [-0.1, -0.05) is 11.6 Å². The number of halogens is 1. The molecule has 0 unspecified atom stereocenters. The van der Waals surface area contributed by atoms with Gasteiger partial charge >= 0.3 is 0 Å². The van der Waals surface area contributed by atoms with E-state index < -0.39 is 0 Å². The molecule has 7 heteroatoms. The molecule has 0 aliphatic rings. The van der Waals surface area contributed by atoms with Crippen LogP contribution in [0, 0.1) is 0 Å². The number of oxazole rings is 1. The fraction of sp³-hybridized carbons (Fsp3) is 0.125. The smallest absolute Gasteiger partial charge is 0.255 e. The van der Waals surface area contributed by atoms with Crippen LogP contribution in [0.4, 0.5) is 5.69 Å². The van der Waals surface area contributed by atoms with Crippen LogP contribution in [-0.4, -0.2) is 25.1 Å². The van der Waals surface area contributed by atoms with E-state index in [0.29, 0.717) is 38.9 Å². The highest BCUT2D eigenvalue weighted by atomic mass is 35.5. The number of nitrogens with one attached hydrogen (secondary N) is 1. The van der Waals surface area contributed by atoms with Crippen LogP contribution < -0.4 is 14.8 Å². The molecule has 6 nitrogen and oxygen atoms in total. The highest BCUT2D eigenvalue weighted by molar-refractivity contribution is 6.32. The predicted molar refractivity (Wildman–Crippen MR) is 86.5 cm³/mol. The minimum Gasteiger partial charge on any atom is -0.495 e. The van der Waals surface area contributed by atoms with E-state index in [0.717, 1.165) is 0 Å². The Balaban J connectivity index is 1.92. The molecule has 3 aromatic rings. The fourth-order valence-corrected chi connectivity index (χ4v) is 2.38. The Bertz CT molecular complexity index is 876. The number of benzene rings is 2. The number of hydrogen-bond donors (Lipinski definition) is 1. The van der Waals surface area contributed by atoms with Crippen LogP contribution in [0.25, 0.3) is 11.1 Å². The molecule has 0 fully saturated rings. The number of anilines is 1. The summed E-state index contributed by atoms with van der Waals surface area (Å²) in [5, 5.41) is 3.17. The first kappa shape index (κ1) is 15.2. The van der Waals surface area contributed by atoms with E-state index in [1.54, 1.807) is 30.3 Å². The van der Waals surface area contributed by atoms with Crippen molar-refractivity contribution in [3.8, 4) is 11.5 Å². The first-order chi connectivity index (χ1) is 11.1. The maximum Gasteiger partial charge on any atom is 0.255 e. The second-order valence-corrected chi connectivity index (χ2v) is 5.08. The molecule has 0 aliphatic heterocycles. The molecule has 0 saturated heterocycles. The summed E-state index contributed by atoms with van der Waals surface area (Å²) in [4.78, 5) is 16.4. The summed E-state index contributed by atoms with van der Waals surface area (Å²) in [6.07, 6.45) is 1.33. The minimum absolute atomic E-state index is 0.314. The number of fused-ring (bicyclic) bond motifs is 1. The third-order valence-corrected chi connectivity index (χ3v) is 3.61. The Morgan fingerprint density at radius 1 is 1.17 bits per heavy atom. The van der Waals surface area contributed by atoms with Gasteiger partial charge in [-0.3, -0.25) is 4.79 Å². The first-order valence-corrected chi connectivity index (χ1v) is 7.06. The maximum atomic E-state index is 12.4. The van der Waals surface area contributed by atoms with Gasteiger partial charge in [-0.05, 0) is 18.2 Å². The number of carbonyl (C=O) groups is 1. The summed E-state index contributed by atoms with van der Waals surface area (Å²) in [6, 6.07) is 8.19. The zero-order valence-electron chi connectivity index (χ0n) is 12.4. The molecule has 0 spiro atoms. The van der Waals surface area contributed by atoms with Crippen molar-refractivity contribution >= 4 is 34.3 Å². The molecule has 1 aromatic heterocycles. The van der Waals surface area contributed by atoms with Crippen LogP contribution in [0.1, 0.15) is 10.4 Å². The lowest BCUT2D eigenvalue weighted by Crippen LogP contribution is -2.12. The summed E-state index contributed by atoms with van der Waals surface area (Å²) in [7, 11) is 2.99. The maximum absolute atomic E-state index is 12.4. The monoisotopic (exact) mass is 332 g/mol. The zero-order valence-corrected chi connectivity index (χ0v) is 13.2. The molecule has 1 heterocycles. The number of nitrogens with zero attached hydrogens (tertiary/aromatic N) is 1. The average Bonchev–Trinajstić information content (AvgIpc) is 3.03. The molecular formula is C16H13ClN2O4. The van der Waals surface area contributed by atoms with Crippen LogP contribution in [0.2, 0.25) is 5.02 Å². The van der Waals surface area contributed by atoms with Crippen LogP contribution in [0.15, 0.2) is 41.1 Å². The Morgan fingerprint density at radius 2 is 1.96 bits per heavy atom. The summed E-state index contributed by atoms with van der Waals surface area (Å²) < 4.78 is 15.6. The van der Waals surface area contributed by atoms with Crippen LogP contribution in [0.5, 0.6) is 11.5 Å². The van der Waals surface area contributed by atoms with Crippen molar-refractivity contribution in [1.29, 1.82) is 0 Å². The van der Waals surface area contributed by atoms with Crippen molar-refractivity contribution in [2.24, 2.45) is 0 Å². The third-order valence-electron chi connectivity index (χ3n) is 3.32. The largest absolute Gasteiger partial charge is 0.495 e. The normalized spacial score (nSPS) is 10.6. The van der Waals surface area contributed by atoms with E-state index in [2.05, 4.69) is 10.3 Å². The zero-order chi connectivity index (χ0) is 16.4. The van der Waals surface area contributed by atoms with E-state index in [-0.39, 0.29) is 5.91 Å². The van der Waals surface area contributed by atoms with Crippen LogP contribution in [-0.2, 0) is 0 Å². The van der Waals surface area contributed by atoms with Crippen molar-refractivity contribution in [3.63, 3.8) is 0 Å². The molecule has 0 radical (unpaired) electrons. The van der Waals surface area contributed by atoms with E-state index in [4.69, 9.17) is 25.5 Å². The molecule has 118 valence electrons. The van der Waals surface area contributed by atoms with Gasteiger partial charge in [0.05, 0.1) is 24.9 Å². The molecule has 2 aromatic carbocycles. The van der Waals surface area contributed by atoms with Gasteiger partial charge in [0.25, 0.3) is 5.91 Å². The number of amides is 1. The molecule has 1 amide bonds. The predicted octanol–water partition coefficient (Wildman–Crippen LogP) is 3.75. The molecule has 0 saturated carbocycles. The molecule has 23 heavy (non-hydrogen) atoms. The van der Waals surface area contributed by atoms with E-state index >= 15 is 0 Å². The van der Waals surface area contributed by atoms with Gasteiger partial charge in [0.2, 0.25) is 0 Å². The topological polar surface area (TPSA) is 73.6 Å². The summed E-state index contributed by atoms with van der Waals surface area (Å²) in [5.41, 5.74) is 2.12. The number of ether oxygens (including phenoxy) is 2. The molecule has 3 rings (SSSR count). The molecule has 0 atom stereocenters. The molecular weight excluding hydrogens is 320 g/mol. The fourth-order valence-electron chi connectivity index (χ4n) is 2.15. The van der Waals surface area contributed by atoms with Gasteiger partial charge in [-0.2, -0.15) is 0 Å². The Labute approximate surface area is 137 Å². The Kier molecular flexibility index (Phi) is 4.08. The van der Waals surface area contributed by atoms with Crippen molar-refractivity contribution in [3.05, 3.63) is 47.3 Å². The minimum atomic E-state index is -0.314. The van der Waals surface area contributed by atoms with Gasteiger partial charge in [-0.25, -0.2) is 4.98 Å². The molecule has 1 N–H and O–H groups in total. The number of rotatable bonds is 4. The Morgan fingerprint density at radius 3 is 2.70 bits per heavy atom. The summed E-state index contributed by atoms with van der Waals surface area (Å²) in [6.45, 7) is 0. The lowest BCUT2D eigenvalue weighted by atomic mass is 10.2. The highest BCUT2D eigenvalue weighted by Crippen LogP contribution is 2.36. The lowest BCUT2D eigenvalue weighted by molar-refractivity contribution is 0.102. The number of aromatic nitrogens is 1. The van der Waals surface area contributed by atoms with Gasteiger partial charge in [0.1, 0.15) is 17.0 Å². The number of carbonyl (C=O) groups excluding carboxylic acids is 1. The first-order valence-electron chi connectivity index (χ1n) is 6.68. The summed E-state index contributed by atoms with van der Waals surface area (Å²) >= 11 is 6.05. The van der Waals surface area contributed by atoms with Gasteiger partial charge in [0.15, 0.2) is 12.0 Å². The van der Waals surface area contributed by atoms with Crippen molar-refractivity contribution < 1.29 is 18.7 Å². The van der Waals surface area contributed by atoms with Crippen LogP contribution in [0.3, 0.4) is 0 Å². The van der Waals surface area contributed by atoms with Gasteiger partial charge < -0.3 is 19.2 Å². The third kappa shape index (κ3) is 2.93. The SMILES string of the molecule is COc1cc(NC(=O)c2ccc3ncoc3c2)c(OC)cc1Cl. The van der Waals surface area contributed by atoms with Crippen molar-refractivity contribution in [2.75, 3.05) is 19.5 Å². The van der Waals surface area contributed by atoms with Gasteiger partial charge in [0, 0.05) is 17.7 Å². The van der Waals surface area contributed by atoms with E-state index in [1.165, 1.54) is 20.6 Å². The lowest BCUT2D eigenvalue weighted by Gasteiger charge is -2.13. The van der Waals surface area contributed by atoms with E-state index in [9.17, 15) is 4.79 Å². The van der Waals surface area contributed by atoms with Crippen LogP contribution >= 0.6 is 11.6 Å². The average molecular weight is 333 g/mol. The quantitative estimate of drug-likeness (QED) is 0.787. The van der Waals surface area contributed by atoms with E-state index in [1.807, 2.05) is 0 Å². The second-order valence-electron chi connectivity index (χ2n) is 4.68. The molecule has 0 aliphatic carbocycles. The standard InChI is InChI=1S/C16H13ClN2O4/c1-21-13-7-12(14(22-2)6-10(13)17)19-16(20)9-3-4-11-15(5-9)23-8-18-11/h3-8H,1-2H3,(H,19,20). The van der Waals surface area contributed by atoms with Crippen molar-refractivity contribution in [2.45, 2.75) is 0 Å². The highest BCUT2D eigenvalue weighted by Gasteiger charge is 2.14. The number of methoxy groups -OCH3 is 2. The molecule has 0 bridgehead atoms. The van der Waals surface area contributed by atoms with Gasteiger partial charge in [-0.15, -0.1) is 0 Å². The second kappa shape index (κ2) is 6.18. The Hall–Kier alpha value is -2.73. The summed E-state index contributed by atoms with van der Waals surface area (Å²) in [5.74, 6) is 0.560. The van der Waals surface area contributed by atoms with Crippen molar-refractivity contribution in [1.82, 2.24) is 4.98 Å². The number of hydrogen-bond acceptors (Lipinski definition) is 5.